The normalized spacial score (nSPS) is 19.4. The van der Waals surface area contributed by atoms with Crippen LogP contribution in [-0.4, -0.2) is 57.4 Å². The molecule has 11 nitrogen and oxygen atoms in total. The van der Waals surface area contributed by atoms with Gasteiger partial charge in [-0.3, -0.25) is 4.79 Å². The molecule has 0 spiro atoms. The molecule has 0 unspecified atom stereocenters. The maximum atomic E-state index is 14.1. The molecule has 3 aliphatic rings. The Morgan fingerprint density at radius 1 is 1.17 bits per heavy atom. The van der Waals surface area contributed by atoms with Crippen molar-refractivity contribution >= 4 is 29.2 Å². The van der Waals surface area contributed by atoms with Gasteiger partial charge in [-0.2, -0.15) is 14.6 Å². The van der Waals surface area contributed by atoms with E-state index in [1.165, 1.54) is 0 Å². The second-order valence-electron chi connectivity index (χ2n) is 9.30. The van der Waals surface area contributed by atoms with Gasteiger partial charge < -0.3 is 24.9 Å². The van der Waals surface area contributed by atoms with E-state index in [0.29, 0.717) is 53.5 Å². The van der Waals surface area contributed by atoms with Crippen molar-refractivity contribution in [3.63, 3.8) is 0 Å². The Balaban J connectivity index is 1.46. The Morgan fingerprint density at radius 3 is 2.77 bits per heavy atom. The minimum absolute atomic E-state index is 0.139. The summed E-state index contributed by atoms with van der Waals surface area (Å²) in [5.41, 5.74) is 1.86. The van der Waals surface area contributed by atoms with Crippen molar-refractivity contribution in [2.45, 2.75) is 44.7 Å². The van der Waals surface area contributed by atoms with Gasteiger partial charge in [-0.1, -0.05) is 6.07 Å². The predicted octanol–water partition coefficient (Wildman–Crippen LogP) is 2.47. The molecule has 1 aliphatic carbocycles. The number of nitrogens with zero attached hydrogens (tertiary/aromatic N) is 6. The van der Waals surface area contributed by atoms with Crippen LogP contribution in [0.3, 0.4) is 0 Å². The molecule has 4 heterocycles. The van der Waals surface area contributed by atoms with E-state index in [-0.39, 0.29) is 17.8 Å². The highest BCUT2D eigenvalue weighted by atomic mass is 16.4. The van der Waals surface area contributed by atoms with Crippen LogP contribution >= 0.6 is 0 Å². The molecule has 6 rings (SSSR count). The van der Waals surface area contributed by atoms with E-state index in [1.807, 2.05) is 31.2 Å². The molecule has 1 amide bonds. The summed E-state index contributed by atoms with van der Waals surface area (Å²) < 4.78 is 6.43. The number of aromatic nitrogens is 4. The molecule has 2 aliphatic heterocycles. The van der Waals surface area contributed by atoms with Gasteiger partial charge in [0.15, 0.2) is 0 Å². The summed E-state index contributed by atoms with van der Waals surface area (Å²) >= 11 is 0. The topological polar surface area (TPSA) is 121 Å². The fourth-order valence-electron chi connectivity index (χ4n) is 4.84. The molecule has 182 valence electrons. The van der Waals surface area contributed by atoms with Crippen LogP contribution in [0.4, 0.5) is 23.3 Å². The number of carbonyl (C=O) groups excluding carboxylic acids is 1. The molecule has 11 heteroatoms. The zero-order valence-corrected chi connectivity index (χ0v) is 19.8. The number of fused-ring (bicyclic) bond motifs is 3. The molecule has 1 saturated carbocycles. The standard InChI is InChI=1S/C24H28N8O3/c1-3-25-23-27-19(26-15-9-10-15)18-20(28-23)31-11-5-8-17(31)13-32(22(18)33)16-7-4-6-14(12-16)21-29-30(2)24(34)35-21/h4,6-7,12,15,17H,3,5,8-11,13H2,1-2H3,(H2,25,26,27,28)/t17-/m0/s1. The Hall–Kier alpha value is -3.89. The lowest BCUT2D eigenvalue weighted by Gasteiger charge is -2.27. The first kappa shape index (κ1) is 21.6. The van der Waals surface area contributed by atoms with Gasteiger partial charge in [0, 0.05) is 50.0 Å². The van der Waals surface area contributed by atoms with Crippen molar-refractivity contribution in [3.8, 4) is 11.5 Å². The Labute approximate surface area is 202 Å². The van der Waals surface area contributed by atoms with E-state index in [2.05, 4.69) is 20.6 Å². The highest BCUT2D eigenvalue weighted by Crippen LogP contribution is 2.39. The van der Waals surface area contributed by atoms with Gasteiger partial charge in [0.2, 0.25) is 11.8 Å². The minimum atomic E-state index is -0.531. The van der Waals surface area contributed by atoms with Gasteiger partial charge in [0.05, 0.1) is 0 Å². The Bertz CT molecular complexity index is 1340. The molecule has 2 aromatic heterocycles. The third-order valence-electron chi connectivity index (χ3n) is 6.74. The SMILES string of the molecule is CCNc1nc(NC2CC2)c2c(n1)N1CCC[C@H]1CN(c1cccc(-c3nn(C)c(=O)o3)c1)C2=O. The van der Waals surface area contributed by atoms with Crippen molar-refractivity contribution in [2.75, 3.05) is 40.1 Å². The molecule has 2 fully saturated rings. The monoisotopic (exact) mass is 476 g/mol. The van der Waals surface area contributed by atoms with Crippen LogP contribution < -0.4 is 26.2 Å². The first-order valence-electron chi connectivity index (χ1n) is 12.2. The third kappa shape index (κ3) is 3.90. The fourth-order valence-corrected chi connectivity index (χ4v) is 4.84. The maximum Gasteiger partial charge on any atom is 0.437 e. The quantitative estimate of drug-likeness (QED) is 0.552. The van der Waals surface area contributed by atoms with Crippen molar-refractivity contribution in [1.29, 1.82) is 0 Å². The zero-order chi connectivity index (χ0) is 24.1. The summed E-state index contributed by atoms with van der Waals surface area (Å²) in [7, 11) is 1.54. The number of hydrogen-bond donors (Lipinski definition) is 2. The number of amides is 1. The zero-order valence-electron chi connectivity index (χ0n) is 19.8. The average Bonchev–Trinajstić information content (AvgIpc) is 3.46. The average molecular weight is 477 g/mol. The van der Waals surface area contributed by atoms with Gasteiger partial charge in [-0.05, 0) is 50.8 Å². The first-order valence-corrected chi connectivity index (χ1v) is 12.2. The first-order chi connectivity index (χ1) is 17.0. The summed E-state index contributed by atoms with van der Waals surface area (Å²) in [6.07, 6.45) is 4.15. The lowest BCUT2D eigenvalue weighted by Crippen LogP contribution is -2.39. The van der Waals surface area contributed by atoms with E-state index in [1.54, 1.807) is 11.9 Å². The molecule has 1 aromatic carbocycles. The molecule has 1 atom stereocenters. The van der Waals surface area contributed by atoms with Gasteiger partial charge >= 0.3 is 5.76 Å². The van der Waals surface area contributed by atoms with Crippen LogP contribution in [0.1, 0.15) is 43.0 Å². The largest absolute Gasteiger partial charge is 0.437 e. The van der Waals surface area contributed by atoms with Crippen LogP contribution in [-0.2, 0) is 7.05 Å². The van der Waals surface area contributed by atoms with Crippen LogP contribution in [0.2, 0.25) is 0 Å². The summed E-state index contributed by atoms with van der Waals surface area (Å²) in [6, 6.07) is 7.88. The van der Waals surface area contributed by atoms with E-state index in [4.69, 9.17) is 14.4 Å². The van der Waals surface area contributed by atoms with E-state index < -0.39 is 5.76 Å². The highest BCUT2D eigenvalue weighted by molar-refractivity contribution is 6.13. The van der Waals surface area contributed by atoms with Crippen LogP contribution in [0.25, 0.3) is 11.5 Å². The predicted molar refractivity (Wildman–Crippen MR) is 132 cm³/mol. The number of aryl methyl sites for hydroxylation is 1. The molecule has 2 N–H and O–H groups in total. The van der Waals surface area contributed by atoms with Gasteiger partial charge in [0.25, 0.3) is 5.91 Å². The molecular formula is C24H28N8O3. The summed E-state index contributed by atoms with van der Waals surface area (Å²) in [5, 5.41) is 10.9. The number of benzene rings is 1. The lowest BCUT2D eigenvalue weighted by molar-refractivity contribution is 0.0989. The minimum Gasteiger partial charge on any atom is -0.388 e. The molecule has 0 radical (unpaired) electrons. The van der Waals surface area contributed by atoms with Gasteiger partial charge in [-0.25, -0.2) is 4.79 Å². The number of hydrogen-bond acceptors (Lipinski definition) is 9. The summed E-state index contributed by atoms with van der Waals surface area (Å²) in [4.78, 5) is 39.5. The van der Waals surface area contributed by atoms with Crippen molar-refractivity contribution in [1.82, 2.24) is 19.7 Å². The summed E-state index contributed by atoms with van der Waals surface area (Å²) in [5.74, 6) is 1.37. The Morgan fingerprint density at radius 2 is 2.03 bits per heavy atom. The lowest BCUT2D eigenvalue weighted by atomic mass is 10.1. The number of carbonyl (C=O) groups is 1. The molecule has 0 bridgehead atoms. The molecular weight excluding hydrogens is 448 g/mol. The molecule has 3 aromatic rings. The van der Waals surface area contributed by atoms with Crippen molar-refractivity contribution in [2.24, 2.45) is 7.05 Å². The third-order valence-corrected chi connectivity index (χ3v) is 6.74. The summed E-state index contributed by atoms with van der Waals surface area (Å²) in [6.45, 7) is 4.08. The maximum absolute atomic E-state index is 14.1. The number of anilines is 4. The van der Waals surface area contributed by atoms with Gasteiger partial charge in [-0.15, -0.1) is 5.10 Å². The van der Waals surface area contributed by atoms with E-state index in [0.717, 1.165) is 36.9 Å². The number of nitrogens with one attached hydrogen (secondary N) is 2. The smallest absolute Gasteiger partial charge is 0.388 e. The second kappa shape index (κ2) is 8.40. The van der Waals surface area contributed by atoms with Crippen molar-refractivity contribution in [3.05, 3.63) is 40.4 Å². The fraction of sp³-hybridized carbons (Fsp3) is 0.458. The molecule has 1 saturated heterocycles. The van der Waals surface area contributed by atoms with E-state index in [9.17, 15) is 9.59 Å². The Kier molecular flexibility index (Phi) is 5.19. The number of rotatable bonds is 6. The van der Waals surface area contributed by atoms with E-state index >= 15 is 0 Å². The van der Waals surface area contributed by atoms with Crippen LogP contribution in [0, 0.1) is 0 Å². The second-order valence-corrected chi connectivity index (χ2v) is 9.30. The van der Waals surface area contributed by atoms with Crippen molar-refractivity contribution < 1.29 is 9.21 Å². The van der Waals surface area contributed by atoms with Gasteiger partial charge in [0.1, 0.15) is 17.2 Å². The highest BCUT2D eigenvalue weighted by Gasteiger charge is 2.40. The molecule has 35 heavy (non-hydrogen) atoms. The van der Waals surface area contributed by atoms with Crippen LogP contribution in [0.5, 0.6) is 0 Å². The van der Waals surface area contributed by atoms with Crippen LogP contribution in [0.15, 0.2) is 33.5 Å².